The fraction of sp³-hybridized carbons (Fsp3) is 0.600. The molecule has 0 saturated carbocycles. The molecule has 146 valence electrons. The van der Waals surface area contributed by atoms with Crippen LogP contribution in [0.15, 0.2) is 30.3 Å². The van der Waals surface area contributed by atoms with Crippen molar-refractivity contribution in [2.45, 2.75) is 38.0 Å². The number of amides is 2. The Morgan fingerprint density at radius 1 is 1.07 bits per heavy atom. The molecule has 1 aromatic carbocycles. The van der Waals surface area contributed by atoms with Gasteiger partial charge in [0.05, 0.1) is 0 Å². The standard InChI is InChI=1S/C20H27N3O4/c24-19(25)23-13-17-10-18(23)12-22(17)11-15-6-8-21(9-7-15)20(26)27-14-16-4-2-1-3-5-16/h1-5,15,17-18H,6-14H2,(H,24,25)/t17-,18-/m1/s1. The van der Waals surface area contributed by atoms with Crippen LogP contribution >= 0.6 is 0 Å². The summed E-state index contributed by atoms with van der Waals surface area (Å²) in [4.78, 5) is 29.3. The van der Waals surface area contributed by atoms with Gasteiger partial charge in [-0.3, -0.25) is 4.90 Å². The van der Waals surface area contributed by atoms with Crippen molar-refractivity contribution in [1.29, 1.82) is 0 Å². The van der Waals surface area contributed by atoms with Gasteiger partial charge in [-0.1, -0.05) is 30.3 Å². The summed E-state index contributed by atoms with van der Waals surface area (Å²) in [6.07, 6.45) is 1.92. The fourth-order valence-electron chi connectivity index (χ4n) is 4.65. The van der Waals surface area contributed by atoms with E-state index >= 15 is 0 Å². The molecule has 0 unspecified atom stereocenters. The number of piperazine rings is 1. The minimum absolute atomic E-state index is 0.167. The van der Waals surface area contributed by atoms with Gasteiger partial charge in [-0.2, -0.15) is 0 Å². The molecule has 0 aromatic heterocycles. The molecule has 2 bridgehead atoms. The fourth-order valence-corrected chi connectivity index (χ4v) is 4.65. The first-order chi connectivity index (χ1) is 13.1. The Labute approximate surface area is 159 Å². The van der Waals surface area contributed by atoms with Gasteiger partial charge >= 0.3 is 12.2 Å². The van der Waals surface area contributed by atoms with Crippen molar-refractivity contribution in [1.82, 2.24) is 14.7 Å². The topological polar surface area (TPSA) is 73.3 Å². The van der Waals surface area contributed by atoms with Gasteiger partial charge < -0.3 is 19.6 Å². The summed E-state index contributed by atoms with van der Waals surface area (Å²) >= 11 is 0. The lowest BCUT2D eigenvalue weighted by Crippen LogP contribution is -2.50. The Bertz CT molecular complexity index is 675. The van der Waals surface area contributed by atoms with E-state index in [1.807, 2.05) is 35.2 Å². The second-order valence-corrected chi connectivity index (χ2v) is 7.90. The number of carbonyl (C=O) groups is 2. The van der Waals surface area contributed by atoms with E-state index in [0.717, 1.165) is 51.0 Å². The number of hydrogen-bond donors (Lipinski definition) is 1. The number of hydrogen-bond acceptors (Lipinski definition) is 4. The number of fused-ring (bicyclic) bond motifs is 2. The van der Waals surface area contributed by atoms with Gasteiger partial charge in [0.25, 0.3) is 0 Å². The summed E-state index contributed by atoms with van der Waals surface area (Å²) in [6, 6.07) is 10.3. The Balaban J connectivity index is 1.19. The molecule has 0 aliphatic carbocycles. The van der Waals surface area contributed by atoms with E-state index in [-0.39, 0.29) is 12.1 Å². The SMILES string of the molecule is O=C(OCc1ccccc1)N1CCC(CN2C[C@H]3C[C@@H]2CN3C(=O)O)CC1. The highest BCUT2D eigenvalue weighted by molar-refractivity contribution is 5.67. The second kappa shape index (κ2) is 7.76. The molecular formula is C20H27N3O4. The molecule has 2 amide bonds. The van der Waals surface area contributed by atoms with Crippen molar-refractivity contribution in [3.63, 3.8) is 0 Å². The lowest BCUT2D eigenvalue weighted by Gasteiger charge is -2.37. The summed E-state index contributed by atoms with van der Waals surface area (Å²) in [5, 5.41) is 9.20. The van der Waals surface area contributed by atoms with Crippen LogP contribution < -0.4 is 0 Å². The number of ether oxygens (including phenoxy) is 1. The first-order valence-corrected chi connectivity index (χ1v) is 9.79. The summed E-state index contributed by atoms with van der Waals surface area (Å²) in [5.74, 6) is 0.570. The summed E-state index contributed by atoms with van der Waals surface area (Å²) in [5.41, 5.74) is 1.00. The molecule has 3 aliphatic heterocycles. The maximum Gasteiger partial charge on any atom is 0.410 e. The lowest BCUT2D eigenvalue weighted by atomic mass is 9.96. The first-order valence-electron chi connectivity index (χ1n) is 9.79. The van der Waals surface area contributed by atoms with Crippen LogP contribution in [0.2, 0.25) is 0 Å². The largest absolute Gasteiger partial charge is 0.465 e. The minimum atomic E-state index is -0.788. The Kier molecular flexibility index (Phi) is 5.20. The Morgan fingerprint density at radius 2 is 1.81 bits per heavy atom. The quantitative estimate of drug-likeness (QED) is 0.878. The van der Waals surface area contributed by atoms with Crippen molar-refractivity contribution in [3.05, 3.63) is 35.9 Å². The average molecular weight is 373 g/mol. The molecule has 3 saturated heterocycles. The number of piperidine rings is 1. The number of rotatable bonds is 4. The van der Waals surface area contributed by atoms with Crippen LogP contribution in [0.25, 0.3) is 0 Å². The van der Waals surface area contributed by atoms with Crippen molar-refractivity contribution in [3.8, 4) is 0 Å². The molecule has 1 aromatic rings. The van der Waals surface area contributed by atoms with E-state index < -0.39 is 6.09 Å². The van der Waals surface area contributed by atoms with Gasteiger partial charge in [-0.25, -0.2) is 9.59 Å². The van der Waals surface area contributed by atoms with Crippen LogP contribution in [0.5, 0.6) is 0 Å². The average Bonchev–Trinajstić information content (AvgIpc) is 3.28. The van der Waals surface area contributed by atoms with Crippen LogP contribution in [0.4, 0.5) is 9.59 Å². The van der Waals surface area contributed by atoms with Crippen LogP contribution in [-0.4, -0.2) is 76.8 Å². The van der Waals surface area contributed by atoms with Gasteiger partial charge in [-0.15, -0.1) is 0 Å². The van der Waals surface area contributed by atoms with E-state index in [4.69, 9.17) is 4.74 Å². The van der Waals surface area contributed by atoms with Crippen molar-refractivity contribution < 1.29 is 19.4 Å². The van der Waals surface area contributed by atoms with Crippen LogP contribution in [0, 0.1) is 5.92 Å². The monoisotopic (exact) mass is 373 g/mol. The van der Waals surface area contributed by atoms with E-state index in [2.05, 4.69) is 4.90 Å². The number of carboxylic acid groups (broad SMARTS) is 1. The summed E-state index contributed by atoms with van der Waals surface area (Å²) < 4.78 is 5.43. The molecule has 1 N–H and O–H groups in total. The third-order valence-corrected chi connectivity index (χ3v) is 6.17. The molecule has 3 heterocycles. The lowest BCUT2D eigenvalue weighted by molar-refractivity contribution is 0.0678. The Morgan fingerprint density at radius 3 is 2.44 bits per heavy atom. The smallest absolute Gasteiger partial charge is 0.410 e. The van der Waals surface area contributed by atoms with Gasteiger partial charge in [0.2, 0.25) is 0 Å². The predicted octanol–water partition coefficient (Wildman–Crippen LogP) is 2.47. The predicted molar refractivity (Wildman–Crippen MR) is 99.4 cm³/mol. The maximum absolute atomic E-state index is 12.3. The van der Waals surface area contributed by atoms with E-state index in [1.165, 1.54) is 0 Å². The van der Waals surface area contributed by atoms with Crippen LogP contribution in [0.3, 0.4) is 0 Å². The Hall–Kier alpha value is -2.28. The third-order valence-electron chi connectivity index (χ3n) is 6.17. The zero-order valence-corrected chi connectivity index (χ0v) is 15.5. The zero-order valence-electron chi connectivity index (χ0n) is 15.5. The number of nitrogens with zero attached hydrogens (tertiary/aromatic N) is 3. The highest BCUT2D eigenvalue weighted by atomic mass is 16.6. The van der Waals surface area contributed by atoms with Crippen molar-refractivity contribution >= 4 is 12.2 Å². The van der Waals surface area contributed by atoms with Gasteiger partial charge in [-0.05, 0) is 30.7 Å². The van der Waals surface area contributed by atoms with Gasteiger partial charge in [0, 0.05) is 44.8 Å². The molecule has 27 heavy (non-hydrogen) atoms. The third kappa shape index (κ3) is 4.03. The highest BCUT2D eigenvalue weighted by Crippen LogP contribution is 2.32. The highest BCUT2D eigenvalue weighted by Gasteiger charge is 2.45. The molecule has 7 nitrogen and oxygen atoms in total. The zero-order chi connectivity index (χ0) is 18.8. The number of benzene rings is 1. The molecule has 4 rings (SSSR count). The van der Waals surface area contributed by atoms with Crippen molar-refractivity contribution in [2.75, 3.05) is 32.7 Å². The molecule has 3 fully saturated rings. The van der Waals surface area contributed by atoms with Crippen molar-refractivity contribution in [2.24, 2.45) is 5.92 Å². The van der Waals surface area contributed by atoms with E-state index in [1.54, 1.807) is 4.90 Å². The molecule has 3 aliphatic rings. The summed E-state index contributed by atoms with van der Waals surface area (Å²) in [7, 11) is 0. The molecule has 2 atom stereocenters. The molecule has 0 radical (unpaired) electrons. The van der Waals surface area contributed by atoms with E-state index in [9.17, 15) is 14.7 Å². The molecular weight excluding hydrogens is 346 g/mol. The molecule has 7 heteroatoms. The number of likely N-dealkylation sites (tertiary alicyclic amines) is 3. The molecule has 0 spiro atoms. The van der Waals surface area contributed by atoms with Gasteiger partial charge in [0.15, 0.2) is 0 Å². The second-order valence-electron chi connectivity index (χ2n) is 7.90. The first kappa shape index (κ1) is 18.1. The van der Waals surface area contributed by atoms with Crippen LogP contribution in [-0.2, 0) is 11.3 Å². The summed E-state index contributed by atoms with van der Waals surface area (Å²) in [6.45, 7) is 4.31. The normalized spacial score (nSPS) is 25.8. The van der Waals surface area contributed by atoms with Crippen LogP contribution in [0.1, 0.15) is 24.8 Å². The van der Waals surface area contributed by atoms with E-state index in [0.29, 0.717) is 25.1 Å². The maximum atomic E-state index is 12.3. The number of carbonyl (C=O) groups excluding carboxylic acids is 1. The van der Waals surface area contributed by atoms with Gasteiger partial charge in [0.1, 0.15) is 6.61 Å². The minimum Gasteiger partial charge on any atom is -0.465 e.